The van der Waals surface area contributed by atoms with Crippen LogP contribution in [0.3, 0.4) is 0 Å². The molecule has 1 fully saturated rings. The molecule has 1 saturated heterocycles. The van der Waals surface area contributed by atoms with Gasteiger partial charge in [0.1, 0.15) is 0 Å². The van der Waals surface area contributed by atoms with Gasteiger partial charge in [-0.2, -0.15) is 0 Å². The standard InChI is InChI=1S/C19H20N2O3.C2H6/c1-3-24-18-10-12-7-15-16(8-13(12)9-17(18)23-2)20-11-14-5-4-6-21(14)19(15)22;1-2/h7-11,14H,3-6H2,1-2H3;1-2H3. The summed E-state index contributed by atoms with van der Waals surface area (Å²) in [5.74, 6) is 1.45. The third kappa shape index (κ3) is 3.14. The number of amides is 1. The van der Waals surface area contributed by atoms with Gasteiger partial charge < -0.3 is 14.4 Å². The third-order valence-corrected chi connectivity index (χ3v) is 4.71. The Labute approximate surface area is 154 Å². The van der Waals surface area contributed by atoms with Crippen molar-refractivity contribution in [2.45, 2.75) is 39.7 Å². The van der Waals surface area contributed by atoms with Crippen LogP contribution in [-0.4, -0.2) is 43.3 Å². The summed E-state index contributed by atoms with van der Waals surface area (Å²) in [6.07, 6.45) is 3.94. The van der Waals surface area contributed by atoms with Crippen molar-refractivity contribution in [3.05, 3.63) is 29.8 Å². The highest BCUT2D eigenvalue weighted by Crippen LogP contribution is 2.37. The lowest BCUT2D eigenvalue weighted by atomic mass is 10.0. The predicted molar refractivity (Wildman–Crippen MR) is 105 cm³/mol. The van der Waals surface area contributed by atoms with Gasteiger partial charge in [0, 0.05) is 12.8 Å². The van der Waals surface area contributed by atoms with Crippen molar-refractivity contribution in [3.8, 4) is 11.5 Å². The molecule has 2 heterocycles. The Bertz CT molecular complexity index is 845. The maximum absolute atomic E-state index is 12.9. The van der Waals surface area contributed by atoms with E-state index in [1.165, 1.54) is 0 Å². The fraction of sp³-hybridized carbons (Fsp3) is 0.429. The molecule has 2 aromatic rings. The molecule has 2 aliphatic rings. The minimum atomic E-state index is 0.0701. The number of benzene rings is 2. The number of aliphatic imine (C=N–C) groups is 1. The van der Waals surface area contributed by atoms with Crippen molar-refractivity contribution in [3.63, 3.8) is 0 Å². The summed E-state index contributed by atoms with van der Waals surface area (Å²) in [4.78, 5) is 19.4. The van der Waals surface area contributed by atoms with Crippen molar-refractivity contribution in [1.29, 1.82) is 0 Å². The Morgan fingerprint density at radius 1 is 1.15 bits per heavy atom. The molecule has 2 aliphatic heterocycles. The normalized spacial score (nSPS) is 17.9. The Kier molecular flexibility index (Phi) is 5.45. The summed E-state index contributed by atoms with van der Waals surface area (Å²) < 4.78 is 11.1. The number of rotatable bonds is 3. The fourth-order valence-corrected chi connectivity index (χ4v) is 3.52. The van der Waals surface area contributed by atoms with Crippen LogP contribution in [0.2, 0.25) is 0 Å². The van der Waals surface area contributed by atoms with E-state index in [1.807, 2.05) is 56.2 Å². The van der Waals surface area contributed by atoms with E-state index in [9.17, 15) is 4.79 Å². The van der Waals surface area contributed by atoms with E-state index in [-0.39, 0.29) is 11.9 Å². The van der Waals surface area contributed by atoms with E-state index in [1.54, 1.807) is 7.11 Å². The van der Waals surface area contributed by atoms with Crippen LogP contribution in [0.1, 0.15) is 44.0 Å². The monoisotopic (exact) mass is 354 g/mol. The quantitative estimate of drug-likeness (QED) is 0.810. The molecule has 0 aromatic heterocycles. The second-order valence-corrected chi connectivity index (χ2v) is 6.14. The van der Waals surface area contributed by atoms with E-state index in [4.69, 9.17) is 9.47 Å². The number of carbonyl (C=O) groups excluding carboxylic acids is 1. The van der Waals surface area contributed by atoms with Gasteiger partial charge in [0.15, 0.2) is 11.5 Å². The molecule has 26 heavy (non-hydrogen) atoms. The molecule has 138 valence electrons. The second kappa shape index (κ2) is 7.77. The van der Waals surface area contributed by atoms with Gasteiger partial charge in [-0.25, -0.2) is 0 Å². The summed E-state index contributed by atoms with van der Waals surface area (Å²) in [5, 5.41) is 1.94. The highest BCUT2D eigenvalue weighted by Gasteiger charge is 2.31. The van der Waals surface area contributed by atoms with Crippen LogP contribution in [0.4, 0.5) is 5.69 Å². The summed E-state index contributed by atoms with van der Waals surface area (Å²) in [6.45, 7) is 7.30. The molecule has 5 nitrogen and oxygen atoms in total. The fourth-order valence-electron chi connectivity index (χ4n) is 3.52. The second-order valence-electron chi connectivity index (χ2n) is 6.14. The number of methoxy groups -OCH3 is 1. The zero-order valence-corrected chi connectivity index (χ0v) is 15.9. The third-order valence-electron chi connectivity index (χ3n) is 4.71. The molecule has 0 saturated carbocycles. The first-order valence-electron chi connectivity index (χ1n) is 9.35. The maximum Gasteiger partial charge on any atom is 0.256 e. The number of carbonyl (C=O) groups is 1. The molecular weight excluding hydrogens is 328 g/mol. The van der Waals surface area contributed by atoms with Gasteiger partial charge in [-0.3, -0.25) is 9.79 Å². The average molecular weight is 354 g/mol. The van der Waals surface area contributed by atoms with Crippen molar-refractivity contribution in [1.82, 2.24) is 4.90 Å². The van der Waals surface area contributed by atoms with Crippen LogP contribution in [-0.2, 0) is 0 Å². The minimum absolute atomic E-state index is 0.0701. The van der Waals surface area contributed by atoms with Crippen LogP contribution >= 0.6 is 0 Å². The van der Waals surface area contributed by atoms with Gasteiger partial charge in [-0.15, -0.1) is 0 Å². The number of fused-ring (bicyclic) bond motifs is 3. The van der Waals surface area contributed by atoms with Crippen LogP contribution in [0.25, 0.3) is 10.8 Å². The lowest BCUT2D eigenvalue weighted by Gasteiger charge is -2.20. The zero-order chi connectivity index (χ0) is 18.7. The van der Waals surface area contributed by atoms with E-state index >= 15 is 0 Å². The molecular formula is C21H26N2O3. The smallest absolute Gasteiger partial charge is 0.256 e. The number of hydrogen-bond acceptors (Lipinski definition) is 4. The van der Waals surface area contributed by atoms with E-state index in [0.717, 1.165) is 35.8 Å². The van der Waals surface area contributed by atoms with E-state index in [2.05, 4.69) is 4.99 Å². The zero-order valence-electron chi connectivity index (χ0n) is 15.9. The van der Waals surface area contributed by atoms with Gasteiger partial charge in [-0.1, -0.05) is 13.8 Å². The summed E-state index contributed by atoms with van der Waals surface area (Å²) in [5.41, 5.74) is 1.39. The molecule has 0 aliphatic carbocycles. The highest BCUT2D eigenvalue weighted by atomic mass is 16.5. The Balaban J connectivity index is 0.000000948. The summed E-state index contributed by atoms with van der Waals surface area (Å²) in [6, 6.07) is 7.88. The van der Waals surface area contributed by atoms with Gasteiger partial charge in [0.25, 0.3) is 5.91 Å². The lowest BCUT2D eigenvalue weighted by Crippen LogP contribution is -2.35. The van der Waals surface area contributed by atoms with Gasteiger partial charge >= 0.3 is 0 Å². The highest BCUT2D eigenvalue weighted by molar-refractivity contribution is 6.07. The summed E-state index contributed by atoms with van der Waals surface area (Å²) >= 11 is 0. The SMILES string of the molecule is CC.CCOc1cc2cc3c(cc2cc1OC)N=CC1CCCN1C3=O. The predicted octanol–water partition coefficient (Wildman–Crippen LogP) is 4.59. The topological polar surface area (TPSA) is 51.1 Å². The van der Waals surface area contributed by atoms with Crippen LogP contribution in [0.15, 0.2) is 29.3 Å². The lowest BCUT2D eigenvalue weighted by molar-refractivity contribution is 0.0775. The first-order chi connectivity index (χ1) is 12.7. The van der Waals surface area contributed by atoms with Gasteiger partial charge in [-0.05, 0) is 54.8 Å². The molecule has 0 spiro atoms. The summed E-state index contributed by atoms with van der Waals surface area (Å²) in [7, 11) is 1.63. The van der Waals surface area contributed by atoms with E-state index in [0.29, 0.717) is 23.7 Å². The minimum Gasteiger partial charge on any atom is -0.493 e. The Morgan fingerprint density at radius 3 is 2.62 bits per heavy atom. The molecule has 0 bridgehead atoms. The average Bonchev–Trinajstić information content (AvgIpc) is 3.10. The van der Waals surface area contributed by atoms with Crippen molar-refractivity contribution in [2.75, 3.05) is 20.3 Å². The molecule has 2 aromatic carbocycles. The Morgan fingerprint density at radius 2 is 1.88 bits per heavy atom. The molecule has 1 atom stereocenters. The van der Waals surface area contributed by atoms with Gasteiger partial charge in [0.2, 0.25) is 0 Å². The first kappa shape index (κ1) is 18.2. The number of hydrogen-bond donors (Lipinski definition) is 0. The Hall–Kier alpha value is -2.56. The molecule has 4 rings (SSSR count). The van der Waals surface area contributed by atoms with E-state index < -0.39 is 0 Å². The molecule has 1 amide bonds. The van der Waals surface area contributed by atoms with Crippen LogP contribution in [0, 0.1) is 0 Å². The first-order valence-corrected chi connectivity index (χ1v) is 9.35. The van der Waals surface area contributed by atoms with Crippen LogP contribution < -0.4 is 9.47 Å². The van der Waals surface area contributed by atoms with Crippen molar-refractivity contribution in [2.24, 2.45) is 4.99 Å². The van der Waals surface area contributed by atoms with Crippen LogP contribution in [0.5, 0.6) is 11.5 Å². The maximum atomic E-state index is 12.9. The molecule has 0 N–H and O–H groups in total. The van der Waals surface area contributed by atoms with Crippen molar-refractivity contribution < 1.29 is 14.3 Å². The molecule has 5 heteroatoms. The number of ether oxygens (including phenoxy) is 2. The number of nitrogens with zero attached hydrogens (tertiary/aromatic N) is 2. The molecule has 0 radical (unpaired) electrons. The molecule has 1 unspecified atom stereocenters. The van der Waals surface area contributed by atoms with Crippen molar-refractivity contribution >= 4 is 28.6 Å². The van der Waals surface area contributed by atoms with Gasteiger partial charge in [0.05, 0.1) is 31.0 Å². The largest absolute Gasteiger partial charge is 0.493 e.